The minimum absolute atomic E-state index is 0.0292. The fourth-order valence-corrected chi connectivity index (χ4v) is 3.84. The van der Waals surface area contributed by atoms with Crippen molar-refractivity contribution < 1.29 is 19.4 Å². The molecule has 19 heavy (non-hydrogen) atoms. The molecule has 5 heteroatoms. The Labute approximate surface area is 112 Å². The second-order valence-corrected chi connectivity index (χ2v) is 6.34. The molecule has 0 saturated carbocycles. The molecule has 3 saturated heterocycles. The number of hydrogen-bond donors (Lipinski definition) is 1. The standard InChI is InChI=1S/C14H21NO4/c1-8-4-9(14(17)18)7-15(6-8)13(16)11-5-10-2-3-12(11)19-10/h8-12H,2-7H2,1H3,(H,17,18). The Morgan fingerprint density at radius 3 is 2.58 bits per heavy atom. The van der Waals surface area contributed by atoms with Gasteiger partial charge >= 0.3 is 5.97 Å². The molecule has 0 aromatic rings. The Kier molecular flexibility index (Phi) is 3.25. The first-order valence-electron chi connectivity index (χ1n) is 7.21. The number of hydrogen-bond acceptors (Lipinski definition) is 3. The van der Waals surface area contributed by atoms with Crippen molar-refractivity contribution in [1.29, 1.82) is 0 Å². The van der Waals surface area contributed by atoms with Crippen LogP contribution in [-0.4, -0.2) is 47.2 Å². The number of nitrogens with zero attached hydrogens (tertiary/aromatic N) is 1. The number of piperidine rings is 1. The van der Waals surface area contributed by atoms with Gasteiger partial charge in [0.2, 0.25) is 5.91 Å². The molecular formula is C14H21NO4. The fraction of sp³-hybridized carbons (Fsp3) is 0.857. The Bertz CT molecular complexity index is 397. The molecule has 3 aliphatic rings. The molecule has 0 aromatic heterocycles. The van der Waals surface area contributed by atoms with E-state index >= 15 is 0 Å². The third-order valence-corrected chi connectivity index (χ3v) is 4.74. The van der Waals surface area contributed by atoms with Crippen molar-refractivity contribution in [2.75, 3.05) is 13.1 Å². The van der Waals surface area contributed by atoms with Crippen molar-refractivity contribution in [2.45, 2.75) is 44.8 Å². The first-order chi connectivity index (χ1) is 9.04. The second-order valence-electron chi connectivity index (χ2n) is 6.34. The lowest BCUT2D eigenvalue weighted by molar-refractivity contribution is -0.148. The molecule has 3 heterocycles. The molecule has 3 aliphatic heterocycles. The molecule has 3 fully saturated rings. The van der Waals surface area contributed by atoms with Crippen LogP contribution < -0.4 is 0 Å². The molecule has 5 unspecified atom stereocenters. The Morgan fingerprint density at radius 2 is 2.00 bits per heavy atom. The summed E-state index contributed by atoms with van der Waals surface area (Å²) in [6, 6.07) is 0. The van der Waals surface area contributed by atoms with Crippen LogP contribution >= 0.6 is 0 Å². The maximum absolute atomic E-state index is 12.6. The van der Waals surface area contributed by atoms with Crippen LogP contribution in [0.3, 0.4) is 0 Å². The van der Waals surface area contributed by atoms with Gasteiger partial charge in [0.1, 0.15) is 0 Å². The molecule has 106 valence electrons. The largest absolute Gasteiger partial charge is 0.481 e. The summed E-state index contributed by atoms with van der Waals surface area (Å²) in [5.74, 6) is -0.845. The first-order valence-corrected chi connectivity index (χ1v) is 7.21. The molecule has 1 amide bonds. The maximum atomic E-state index is 12.6. The van der Waals surface area contributed by atoms with Gasteiger partial charge in [0.25, 0.3) is 0 Å². The second kappa shape index (κ2) is 4.78. The number of carboxylic acid groups (broad SMARTS) is 1. The van der Waals surface area contributed by atoms with Crippen molar-refractivity contribution >= 4 is 11.9 Å². The highest BCUT2D eigenvalue weighted by atomic mass is 16.5. The summed E-state index contributed by atoms with van der Waals surface area (Å²) in [4.78, 5) is 25.5. The average molecular weight is 267 g/mol. The van der Waals surface area contributed by atoms with Gasteiger partial charge in [-0.1, -0.05) is 6.92 Å². The highest BCUT2D eigenvalue weighted by molar-refractivity contribution is 5.81. The van der Waals surface area contributed by atoms with Gasteiger partial charge < -0.3 is 14.7 Å². The van der Waals surface area contributed by atoms with Crippen LogP contribution in [0.1, 0.15) is 32.6 Å². The van der Waals surface area contributed by atoms with Crippen molar-refractivity contribution in [3.05, 3.63) is 0 Å². The summed E-state index contributed by atoms with van der Waals surface area (Å²) in [6.45, 7) is 3.08. The van der Waals surface area contributed by atoms with E-state index in [1.807, 2.05) is 6.92 Å². The van der Waals surface area contributed by atoms with Crippen LogP contribution in [0.2, 0.25) is 0 Å². The summed E-state index contributed by atoms with van der Waals surface area (Å²) in [6.07, 6.45) is 3.89. The van der Waals surface area contributed by atoms with Gasteiger partial charge in [0.05, 0.1) is 24.0 Å². The average Bonchev–Trinajstić information content (AvgIpc) is 2.99. The zero-order valence-electron chi connectivity index (χ0n) is 11.2. The van der Waals surface area contributed by atoms with E-state index in [2.05, 4.69) is 0 Å². The summed E-state index contributed by atoms with van der Waals surface area (Å²) in [7, 11) is 0. The number of carboxylic acids is 1. The van der Waals surface area contributed by atoms with E-state index in [-0.39, 0.29) is 30.0 Å². The molecule has 5 atom stereocenters. The Balaban J connectivity index is 1.67. The SMILES string of the molecule is CC1CC(C(=O)O)CN(C(=O)C2CC3CCC2O3)C1. The van der Waals surface area contributed by atoms with E-state index in [1.165, 1.54) is 0 Å². The van der Waals surface area contributed by atoms with E-state index in [9.17, 15) is 9.59 Å². The third-order valence-electron chi connectivity index (χ3n) is 4.74. The van der Waals surface area contributed by atoms with Crippen molar-refractivity contribution in [2.24, 2.45) is 17.8 Å². The highest BCUT2D eigenvalue weighted by Crippen LogP contribution is 2.40. The molecule has 0 radical (unpaired) electrons. The summed E-state index contributed by atoms with van der Waals surface area (Å²) in [5.41, 5.74) is 0. The van der Waals surface area contributed by atoms with Crippen molar-refractivity contribution in [3.63, 3.8) is 0 Å². The van der Waals surface area contributed by atoms with Gasteiger partial charge in [-0.2, -0.15) is 0 Å². The van der Waals surface area contributed by atoms with Gasteiger partial charge in [-0.15, -0.1) is 0 Å². The number of likely N-dealkylation sites (tertiary alicyclic amines) is 1. The number of ether oxygens (including phenoxy) is 1. The number of carbonyl (C=O) groups is 2. The smallest absolute Gasteiger partial charge is 0.308 e. The zero-order chi connectivity index (χ0) is 13.6. The summed E-state index contributed by atoms with van der Waals surface area (Å²) >= 11 is 0. The zero-order valence-corrected chi connectivity index (χ0v) is 11.2. The van der Waals surface area contributed by atoms with Crippen molar-refractivity contribution in [1.82, 2.24) is 4.90 Å². The predicted molar refractivity (Wildman–Crippen MR) is 67.5 cm³/mol. The number of carbonyl (C=O) groups excluding carboxylic acids is 1. The molecular weight excluding hydrogens is 246 g/mol. The van der Waals surface area contributed by atoms with E-state index < -0.39 is 11.9 Å². The first kappa shape index (κ1) is 12.9. The van der Waals surface area contributed by atoms with Crippen LogP contribution in [0, 0.1) is 17.8 Å². The van der Waals surface area contributed by atoms with E-state index in [0.717, 1.165) is 19.3 Å². The number of rotatable bonds is 2. The molecule has 0 spiro atoms. The van der Waals surface area contributed by atoms with Crippen LogP contribution in [-0.2, 0) is 14.3 Å². The quantitative estimate of drug-likeness (QED) is 0.814. The monoisotopic (exact) mass is 267 g/mol. The molecule has 0 aliphatic carbocycles. The topological polar surface area (TPSA) is 66.8 Å². The van der Waals surface area contributed by atoms with Crippen LogP contribution in [0.15, 0.2) is 0 Å². The number of fused-ring (bicyclic) bond motifs is 2. The predicted octanol–water partition coefficient (Wildman–Crippen LogP) is 1.12. The van der Waals surface area contributed by atoms with Gasteiger partial charge in [0.15, 0.2) is 0 Å². The van der Waals surface area contributed by atoms with Crippen LogP contribution in [0.5, 0.6) is 0 Å². The fourth-order valence-electron chi connectivity index (χ4n) is 3.84. The molecule has 1 N–H and O–H groups in total. The van der Waals surface area contributed by atoms with Crippen LogP contribution in [0.4, 0.5) is 0 Å². The van der Waals surface area contributed by atoms with Crippen molar-refractivity contribution in [3.8, 4) is 0 Å². The van der Waals surface area contributed by atoms with Crippen LogP contribution in [0.25, 0.3) is 0 Å². The van der Waals surface area contributed by atoms with E-state index in [4.69, 9.17) is 9.84 Å². The lowest BCUT2D eigenvalue weighted by Crippen LogP contribution is -2.49. The van der Waals surface area contributed by atoms with Gasteiger partial charge in [-0.25, -0.2) is 0 Å². The molecule has 5 nitrogen and oxygen atoms in total. The minimum atomic E-state index is -0.784. The lowest BCUT2D eigenvalue weighted by atomic mass is 9.85. The highest BCUT2D eigenvalue weighted by Gasteiger charge is 2.46. The minimum Gasteiger partial charge on any atom is -0.481 e. The lowest BCUT2D eigenvalue weighted by Gasteiger charge is -2.37. The number of aliphatic carboxylic acids is 1. The summed E-state index contributed by atoms with van der Waals surface area (Å²) < 4.78 is 5.73. The van der Waals surface area contributed by atoms with E-state index in [1.54, 1.807) is 4.90 Å². The van der Waals surface area contributed by atoms with Gasteiger partial charge in [-0.3, -0.25) is 9.59 Å². The normalized spacial score (nSPS) is 41.5. The molecule has 0 aromatic carbocycles. The van der Waals surface area contributed by atoms with E-state index in [0.29, 0.717) is 19.5 Å². The Morgan fingerprint density at radius 1 is 1.21 bits per heavy atom. The third kappa shape index (κ3) is 2.36. The summed E-state index contributed by atoms with van der Waals surface area (Å²) in [5, 5.41) is 9.16. The molecule has 3 rings (SSSR count). The molecule has 2 bridgehead atoms. The Hall–Kier alpha value is -1.10. The van der Waals surface area contributed by atoms with Gasteiger partial charge in [-0.05, 0) is 31.6 Å². The van der Waals surface area contributed by atoms with Gasteiger partial charge in [0, 0.05) is 13.1 Å². The number of amides is 1. The maximum Gasteiger partial charge on any atom is 0.308 e.